The highest BCUT2D eigenvalue weighted by atomic mass is 16.5. The van der Waals surface area contributed by atoms with Crippen LogP contribution in [0.5, 0.6) is 5.75 Å². The number of imidazole rings is 1. The molecule has 0 saturated heterocycles. The van der Waals surface area contributed by atoms with Crippen LogP contribution in [0.2, 0.25) is 0 Å². The van der Waals surface area contributed by atoms with Gasteiger partial charge in [-0.25, -0.2) is 19.9 Å². The average Bonchev–Trinajstić information content (AvgIpc) is 3.58. The van der Waals surface area contributed by atoms with Crippen LogP contribution in [0.3, 0.4) is 0 Å². The minimum atomic E-state index is -0.209. The predicted molar refractivity (Wildman–Crippen MR) is 140 cm³/mol. The van der Waals surface area contributed by atoms with Crippen molar-refractivity contribution >= 4 is 40.0 Å². The molecule has 0 saturated carbocycles. The third-order valence-electron chi connectivity index (χ3n) is 7.20. The summed E-state index contributed by atoms with van der Waals surface area (Å²) >= 11 is 0. The summed E-state index contributed by atoms with van der Waals surface area (Å²) in [5.74, 6) is 1.43. The van der Waals surface area contributed by atoms with Gasteiger partial charge in [-0.3, -0.25) is 14.0 Å². The smallest absolute Gasteiger partial charge is 0.272 e. The van der Waals surface area contributed by atoms with E-state index in [4.69, 9.17) is 10.5 Å². The summed E-state index contributed by atoms with van der Waals surface area (Å²) in [4.78, 5) is 44.3. The van der Waals surface area contributed by atoms with Crippen LogP contribution in [0.15, 0.2) is 55.2 Å². The van der Waals surface area contributed by atoms with Gasteiger partial charge in [0.25, 0.3) is 5.91 Å². The molecule has 0 spiro atoms. The molecule has 1 aromatic carbocycles. The van der Waals surface area contributed by atoms with E-state index in [1.807, 2.05) is 24.3 Å². The normalized spacial score (nSPS) is 16.1. The van der Waals surface area contributed by atoms with Crippen molar-refractivity contribution in [3.8, 4) is 16.9 Å². The fourth-order valence-electron chi connectivity index (χ4n) is 5.24. The molecule has 11 nitrogen and oxygen atoms in total. The fraction of sp³-hybridized carbons (Fsp3) is 0.185. The van der Waals surface area contributed by atoms with Gasteiger partial charge in [-0.1, -0.05) is 12.1 Å². The lowest BCUT2D eigenvalue weighted by atomic mass is 9.95. The van der Waals surface area contributed by atoms with Crippen molar-refractivity contribution < 1.29 is 14.3 Å². The van der Waals surface area contributed by atoms with Gasteiger partial charge in [0.1, 0.15) is 34.1 Å². The lowest BCUT2D eigenvalue weighted by molar-refractivity contribution is -0.115. The van der Waals surface area contributed by atoms with Crippen molar-refractivity contribution in [2.45, 2.75) is 18.9 Å². The van der Waals surface area contributed by atoms with Crippen LogP contribution in [0.1, 0.15) is 34.1 Å². The summed E-state index contributed by atoms with van der Waals surface area (Å²) < 4.78 is 7.81. The summed E-state index contributed by atoms with van der Waals surface area (Å²) in [6.07, 6.45) is 7.56. The molecular weight excluding hydrogens is 484 g/mol. The van der Waals surface area contributed by atoms with Crippen LogP contribution < -0.4 is 15.8 Å². The number of nitrogens with zero attached hydrogens (tertiary/aromatic N) is 6. The van der Waals surface area contributed by atoms with Gasteiger partial charge in [0.05, 0.1) is 43.3 Å². The van der Waals surface area contributed by atoms with E-state index in [0.29, 0.717) is 53.3 Å². The van der Waals surface area contributed by atoms with E-state index >= 15 is 0 Å². The first kappa shape index (κ1) is 22.2. The predicted octanol–water partition coefficient (Wildman–Crippen LogP) is 3.01. The Kier molecular flexibility index (Phi) is 4.80. The number of anilines is 2. The monoisotopic (exact) mass is 506 g/mol. The number of nitrogens with two attached hydrogens (primary N) is 1. The summed E-state index contributed by atoms with van der Waals surface area (Å²) in [5.41, 5.74) is 11.9. The zero-order valence-corrected chi connectivity index (χ0v) is 20.4. The number of carbonyl (C=O) groups is 2. The van der Waals surface area contributed by atoms with E-state index < -0.39 is 0 Å². The first-order chi connectivity index (χ1) is 18.5. The van der Waals surface area contributed by atoms with Gasteiger partial charge in [0, 0.05) is 36.4 Å². The Morgan fingerprint density at radius 3 is 2.92 bits per heavy atom. The summed E-state index contributed by atoms with van der Waals surface area (Å²) in [5, 5.41) is 2.76. The van der Waals surface area contributed by atoms with Crippen LogP contribution in [-0.4, -0.2) is 54.7 Å². The second-order valence-electron chi connectivity index (χ2n) is 9.48. The van der Waals surface area contributed by atoms with Gasteiger partial charge in [0.15, 0.2) is 0 Å². The van der Waals surface area contributed by atoms with Gasteiger partial charge < -0.3 is 20.7 Å². The van der Waals surface area contributed by atoms with Crippen LogP contribution in [0, 0.1) is 0 Å². The average molecular weight is 507 g/mol. The molecule has 188 valence electrons. The third-order valence-corrected chi connectivity index (χ3v) is 7.20. The molecule has 0 radical (unpaired) electrons. The number of nitrogens with one attached hydrogen (secondary N) is 1. The maximum Gasteiger partial charge on any atom is 0.272 e. The first-order valence-electron chi connectivity index (χ1n) is 12.2. The van der Waals surface area contributed by atoms with Crippen molar-refractivity contribution in [2.24, 2.45) is 0 Å². The van der Waals surface area contributed by atoms with Crippen molar-refractivity contribution in [1.29, 1.82) is 0 Å². The molecular formula is C27H22N8O3. The van der Waals surface area contributed by atoms with Gasteiger partial charge in [-0.15, -0.1) is 0 Å². The summed E-state index contributed by atoms with van der Waals surface area (Å²) in [6.45, 7) is 0.476. The zero-order valence-electron chi connectivity index (χ0n) is 20.4. The second kappa shape index (κ2) is 8.23. The Hall–Kier alpha value is -5.06. The van der Waals surface area contributed by atoms with Gasteiger partial charge >= 0.3 is 0 Å². The third kappa shape index (κ3) is 3.43. The van der Waals surface area contributed by atoms with Crippen molar-refractivity contribution in [3.63, 3.8) is 0 Å². The molecule has 5 aromatic rings. The number of carbonyl (C=O) groups excluding carboxylic acids is 2. The molecule has 4 aromatic heterocycles. The van der Waals surface area contributed by atoms with E-state index in [-0.39, 0.29) is 17.9 Å². The first-order valence-corrected chi connectivity index (χ1v) is 12.2. The molecule has 0 unspecified atom stereocenters. The second-order valence-corrected chi connectivity index (χ2v) is 9.48. The highest BCUT2D eigenvalue weighted by Crippen LogP contribution is 2.39. The van der Waals surface area contributed by atoms with Crippen LogP contribution >= 0.6 is 0 Å². The number of fused-ring (bicyclic) bond motifs is 5. The largest absolute Gasteiger partial charge is 0.493 e. The molecule has 0 bridgehead atoms. The molecule has 7 rings (SSSR count). The van der Waals surface area contributed by atoms with Crippen molar-refractivity contribution in [3.05, 3.63) is 72.1 Å². The fourth-order valence-corrected chi connectivity index (χ4v) is 5.24. The standard InChI is InChI=1S/C27H22N8O3/c1-34(27(37)18-9-21-19(11-30-18)32-25(28)22-12-29-13-35(21)22)20-4-5-38-23-7-14(2-3-17(20)23)16-6-15-8-24(36)33-26(15)31-10-16/h2-3,6-7,9-13,20H,4-5,8H2,1H3,(H2,28,32)(H,31,33,36)/t20-/m1/s1. The number of benzene rings is 1. The lowest BCUT2D eigenvalue weighted by Crippen LogP contribution is -2.34. The van der Waals surface area contributed by atoms with E-state index in [9.17, 15) is 9.59 Å². The molecule has 2 aliphatic rings. The number of ether oxygens (including phenoxy) is 1. The quantitative estimate of drug-likeness (QED) is 0.381. The van der Waals surface area contributed by atoms with Crippen LogP contribution in [0.25, 0.3) is 27.7 Å². The number of hydrogen-bond donors (Lipinski definition) is 2. The Bertz CT molecular complexity index is 1800. The highest BCUT2D eigenvalue weighted by molar-refractivity contribution is 5.98. The number of nitrogen functional groups attached to an aromatic ring is 1. The maximum absolute atomic E-state index is 13.6. The summed E-state index contributed by atoms with van der Waals surface area (Å²) in [7, 11) is 1.78. The van der Waals surface area contributed by atoms with Crippen molar-refractivity contribution in [1.82, 2.24) is 29.2 Å². The Labute approximate surface area is 216 Å². The van der Waals surface area contributed by atoms with Crippen molar-refractivity contribution in [2.75, 3.05) is 24.7 Å². The Morgan fingerprint density at radius 2 is 2.03 bits per heavy atom. The highest BCUT2D eigenvalue weighted by Gasteiger charge is 2.30. The minimum absolute atomic E-state index is 0.0512. The number of rotatable bonds is 3. The van der Waals surface area contributed by atoms with Crippen LogP contribution in [-0.2, 0) is 11.2 Å². The lowest BCUT2D eigenvalue weighted by Gasteiger charge is -2.33. The number of hydrogen-bond acceptors (Lipinski definition) is 8. The Morgan fingerprint density at radius 1 is 1.13 bits per heavy atom. The number of pyridine rings is 2. The molecule has 2 aliphatic heterocycles. The molecule has 0 aliphatic carbocycles. The van der Waals surface area contributed by atoms with Gasteiger partial charge in [-0.2, -0.15) is 0 Å². The van der Waals surface area contributed by atoms with E-state index in [2.05, 4.69) is 25.3 Å². The molecule has 1 atom stereocenters. The molecule has 0 fully saturated rings. The maximum atomic E-state index is 13.6. The van der Waals surface area contributed by atoms with Crippen LogP contribution in [0.4, 0.5) is 11.6 Å². The molecule has 3 N–H and O–H groups in total. The SMILES string of the molecule is CN(C(=O)c1cc2c(cn1)nc(N)c1cncn12)[C@@H]1CCOc2cc(-c3cnc4c(c3)CC(=O)N4)ccc21. The topological polar surface area (TPSA) is 141 Å². The summed E-state index contributed by atoms with van der Waals surface area (Å²) in [6, 6.07) is 9.46. The number of aromatic nitrogens is 5. The van der Waals surface area contributed by atoms with Gasteiger partial charge in [0.2, 0.25) is 5.91 Å². The van der Waals surface area contributed by atoms with Gasteiger partial charge in [-0.05, 0) is 23.8 Å². The molecule has 2 amide bonds. The van der Waals surface area contributed by atoms with E-state index in [0.717, 1.165) is 28.0 Å². The molecule has 6 heterocycles. The van der Waals surface area contributed by atoms with E-state index in [1.165, 1.54) is 0 Å². The molecule has 11 heteroatoms. The Balaban J connectivity index is 1.20. The molecule has 38 heavy (non-hydrogen) atoms. The van der Waals surface area contributed by atoms with E-state index in [1.54, 1.807) is 47.3 Å². The minimum Gasteiger partial charge on any atom is -0.493 e. The zero-order chi connectivity index (χ0) is 26.0. The number of amides is 2.